The maximum absolute atomic E-state index is 11.3. The van der Waals surface area contributed by atoms with Crippen LogP contribution >= 0.6 is 11.6 Å². The summed E-state index contributed by atoms with van der Waals surface area (Å²) in [6, 6.07) is 0. The average Bonchev–Trinajstić information content (AvgIpc) is 2.10. The van der Waals surface area contributed by atoms with Gasteiger partial charge in [-0.3, -0.25) is 4.79 Å². The van der Waals surface area contributed by atoms with Crippen molar-refractivity contribution in [3.63, 3.8) is 0 Å². The number of nitrogens with zero attached hydrogens (tertiary/aromatic N) is 2. The van der Waals surface area contributed by atoms with Gasteiger partial charge in [0.1, 0.15) is 0 Å². The second-order valence-electron chi connectivity index (χ2n) is 4.51. The number of halogens is 1. The van der Waals surface area contributed by atoms with Gasteiger partial charge >= 0.3 is 0 Å². The van der Waals surface area contributed by atoms with Crippen molar-refractivity contribution < 1.29 is 9.90 Å². The molecule has 0 aromatic heterocycles. The lowest BCUT2D eigenvalue weighted by Gasteiger charge is -2.40. The third-order valence-electron chi connectivity index (χ3n) is 2.55. The molecule has 1 rings (SSSR count). The summed E-state index contributed by atoms with van der Waals surface area (Å²) in [5, 5.41) is 15.2. The van der Waals surface area contributed by atoms with Crippen molar-refractivity contribution in [3.05, 3.63) is 0 Å². The molecule has 0 saturated carbocycles. The smallest absolute Gasteiger partial charge is 0.241 e. The second-order valence-corrected chi connectivity index (χ2v) is 4.89. The van der Waals surface area contributed by atoms with E-state index in [2.05, 4.69) is 5.10 Å². The molecular weight excluding hydrogens is 216 g/mol. The summed E-state index contributed by atoms with van der Waals surface area (Å²) in [6.07, 6.45) is 0.473. The van der Waals surface area contributed by atoms with Crippen LogP contribution in [0.15, 0.2) is 5.10 Å². The van der Waals surface area contributed by atoms with Gasteiger partial charge < -0.3 is 5.11 Å². The molecule has 1 aliphatic rings. The van der Waals surface area contributed by atoms with Crippen LogP contribution in [0.5, 0.6) is 0 Å². The van der Waals surface area contributed by atoms with Crippen LogP contribution < -0.4 is 0 Å². The second kappa shape index (κ2) is 4.49. The Morgan fingerprint density at radius 2 is 2.33 bits per heavy atom. The van der Waals surface area contributed by atoms with E-state index in [-0.39, 0.29) is 11.3 Å². The molecule has 15 heavy (non-hydrogen) atoms. The van der Waals surface area contributed by atoms with Crippen LogP contribution in [0.3, 0.4) is 0 Å². The van der Waals surface area contributed by atoms with Crippen LogP contribution in [0.4, 0.5) is 0 Å². The Bertz CT molecular complexity index is 289. The number of hydrogen-bond donors (Lipinski definition) is 1. The monoisotopic (exact) mass is 232 g/mol. The van der Waals surface area contributed by atoms with Gasteiger partial charge in [0.05, 0.1) is 0 Å². The topological polar surface area (TPSA) is 52.9 Å². The van der Waals surface area contributed by atoms with Gasteiger partial charge in [-0.2, -0.15) is 5.10 Å². The van der Waals surface area contributed by atoms with Gasteiger partial charge in [0, 0.05) is 30.4 Å². The summed E-state index contributed by atoms with van der Waals surface area (Å²) in [5.74, 6) is 0.235. The molecule has 4 nitrogen and oxygen atoms in total. The molecule has 1 N–H and O–H groups in total. The predicted molar refractivity (Wildman–Crippen MR) is 59.7 cm³/mol. The summed E-state index contributed by atoms with van der Waals surface area (Å²) < 4.78 is 0. The zero-order chi connectivity index (χ0) is 11.6. The fourth-order valence-electron chi connectivity index (χ4n) is 1.68. The molecule has 0 fully saturated rings. The molecule has 0 aromatic rings. The standard InChI is InChI=1S/C10H17ClN2O2/c1-7(14)13-9(15)10(2,3)6-8(12-13)4-5-11/h9,15H,4-6H2,1-3H3. The summed E-state index contributed by atoms with van der Waals surface area (Å²) in [6.45, 7) is 5.22. The van der Waals surface area contributed by atoms with E-state index in [0.717, 1.165) is 10.7 Å². The van der Waals surface area contributed by atoms with E-state index in [9.17, 15) is 9.90 Å². The van der Waals surface area contributed by atoms with Crippen LogP contribution in [0.2, 0.25) is 0 Å². The number of hydrazone groups is 1. The van der Waals surface area contributed by atoms with Crippen LogP contribution in [-0.2, 0) is 4.79 Å². The van der Waals surface area contributed by atoms with Gasteiger partial charge in [-0.05, 0) is 6.42 Å². The number of aliphatic hydroxyl groups is 1. The first-order valence-electron chi connectivity index (χ1n) is 4.98. The molecule has 1 aliphatic heterocycles. The molecule has 1 amide bonds. The van der Waals surface area contributed by atoms with Crippen LogP contribution in [0.1, 0.15) is 33.6 Å². The van der Waals surface area contributed by atoms with Gasteiger partial charge in [-0.25, -0.2) is 5.01 Å². The highest BCUT2D eigenvalue weighted by Gasteiger charge is 2.39. The minimum absolute atomic E-state index is 0.248. The molecule has 0 aliphatic carbocycles. The fourth-order valence-corrected chi connectivity index (χ4v) is 1.90. The third-order valence-corrected chi connectivity index (χ3v) is 2.73. The molecule has 0 bridgehead atoms. The Labute approximate surface area is 94.9 Å². The normalized spacial score (nSPS) is 25.0. The van der Waals surface area contributed by atoms with E-state index in [0.29, 0.717) is 18.7 Å². The highest BCUT2D eigenvalue weighted by atomic mass is 35.5. The van der Waals surface area contributed by atoms with Crippen molar-refractivity contribution in [3.8, 4) is 0 Å². The van der Waals surface area contributed by atoms with E-state index in [1.807, 2.05) is 13.8 Å². The molecule has 5 heteroatoms. The van der Waals surface area contributed by atoms with Crippen LogP contribution in [0.25, 0.3) is 0 Å². The molecule has 0 saturated heterocycles. The van der Waals surface area contributed by atoms with Gasteiger partial charge in [0.25, 0.3) is 0 Å². The highest BCUT2D eigenvalue weighted by Crippen LogP contribution is 2.33. The van der Waals surface area contributed by atoms with Crippen molar-refractivity contribution in [2.24, 2.45) is 10.5 Å². The Balaban J connectivity index is 2.95. The quantitative estimate of drug-likeness (QED) is 0.735. The summed E-state index contributed by atoms with van der Waals surface area (Å²) in [4.78, 5) is 11.3. The minimum Gasteiger partial charge on any atom is -0.371 e. The molecular formula is C10H17ClN2O2. The number of hydrogen-bond acceptors (Lipinski definition) is 3. The number of alkyl halides is 1. The lowest BCUT2D eigenvalue weighted by Crippen LogP contribution is -2.49. The number of carbonyl (C=O) groups is 1. The number of amides is 1. The van der Waals surface area contributed by atoms with Gasteiger partial charge in [0.2, 0.25) is 5.91 Å². The lowest BCUT2D eigenvalue weighted by atomic mass is 9.83. The van der Waals surface area contributed by atoms with E-state index in [1.54, 1.807) is 0 Å². The Kier molecular flexibility index (Phi) is 3.73. The van der Waals surface area contributed by atoms with E-state index in [4.69, 9.17) is 11.6 Å². The van der Waals surface area contributed by atoms with Gasteiger partial charge in [-0.15, -0.1) is 11.6 Å². The Morgan fingerprint density at radius 3 is 2.80 bits per heavy atom. The lowest BCUT2D eigenvalue weighted by molar-refractivity contribution is -0.150. The zero-order valence-corrected chi connectivity index (χ0v) is 10.1. The number of aliphatic hydroxyl groups excluding tert-OH is 1. The van der Waals surface area contributed by atoms with Crippen molar-refractivity contribution in [1.82, 2.24) is 5.01 Å². The molecule has 0 aromatic carbocycles. The summed E-state index contributed by atoms with van der Waals surface area (Å²) in [5.41, 5.74) is 0.505. The van der Waals surface area contributed by atoms with Crippen molar-refractivity contribution in [1.29, 1.82) is 0 Å². The molecule has 1 atom stereocenters. The summed E-state index contributed by atoms with van der Waals surface area (Å²) >= 11 is 5.64. The number of rotatable bonds is 2. The third kappa shape index (κ3) is 2.69. The van der Waals surface area contributed by atoms with Crippen LogP contribution in [0, 0.1) is 5.41 Å². The number of carbonyl (C=O) groups excluding carboxylic acids is 1. The van der Waals surface area contributed by atoms with Crippen LogP contribution in [-0.4, -0.2) is 33.8 Å². The van der Waals surface area contributed by atoms with Gasteiger partial charge in [0.15, 0.2) is 6.23 Å². The molecule has 86 valence electrons. The predicted octanol–water partition coefficient (Wildman–Crippen LogP) is 1.57. The maximum atomic E-state index is 11.3. The van der Waals surface area contributed by atoms with Gasteiger partial charge in [-0.1, -0.05) is 13.8 Å². The Hall–Kier alpha value is -0.610. The van der Waals surface area contributed by atoms with Crippen molar-refractivity contribution in [2.45, 2.75) is 39.8 Å². The fraction of sp³-hybridized carbons (Fsp3) is 0.800. The zero-order valence-electron chi connectivity index (χ0n) is 9.33. The Morgan fingerprint density at radius 1 is 1.73 bits per heavy atom. The first kappa shape index (κ1) is 12.5. The SMILES string of the molecule is CC(=O)N1N=C(CCCl)CC(C)(C)C1O. The van der Waals surface area contributed by atoms with Crippen molar-refractivity contribution in [2.75, 3.05) is 5.88 Å². The summed E-state index contributed by atoms with van der Waals surface area (Å²) in [7, 11) is 0. The molecule has 0 radical (unpaired) electrons. The highest BCUT2D eigenvalue weighted by molar-refractivity contribution is 6.19. The maximum Gasteiger partial charge on any atom is 0.241 e. The molecule has 1 unspecified atom stereocenters. The minimum atomic E-state index is -0.853. The molecule has 0 spiro atoms. The first-order chi connectivity index (χ1) is 6.88. The average molecular weight is 233 g/mol. The van der Waals surface area contributed by atoms with E-state index < -0.39 is 6.23 Å². The largest absolute Gasteiger partial charge is 0.371 e. The molecule has 1 heterocycles. The first-order valence-corrected chi connectivity index (χ1v) is 5.52. The van der Waals surface area contributed by atoms with E-state index >= 15 is 0 Å². The van der Waals surface area contributed by atoms with Crippen molar-refractivity contribution >= 4 is 23.2 Å². The van der Waals surface area contributed by atoms with E-state index in [1.165, 1.54) is 6.92 Å².